The lowest BCUT2D eigenvalue weighted by atomic mass is 10.2. The van der Waals surface area contributed by atoms with Crippen molar-refractivity contribution in [1.29, 1.82) is 0 Å². The normalized spacial score (nSPS) is 11.1. The number of carbonyl (C=O) groups excluding carboxylic acids is 2. The first-order valence-corrected chi connectivity index (χ1v) is 5.65. The Hall–Kier alpha value is -1.85. The fraction of sp³-hybridized carbons (Fsp3) is 0.583. The van der Waals surface area contributed by atoms with Crippen molar-refractivity contribution < 1.29 is 19.1 Å². The van der Waals surface area contributed by atoms with E-state index in [9.17, 15) is 9.59 Å². The summed E-state index contributed by atoms with van der Waals surface area (Å²) < 4.78 is 11.2. The molecule has 0 saturated carbocycles. The molecule has 0 atom stereocenters. The van der Waals surface area contributed by atoms with E-state index in [0.29, 0.717) is 6.54 Å². The first kappa shape index (κ1) is 14.2. The van der Waals surface area contributed by atoms with Gasteiger partial charge in [-0.15, -0.1) is 0 Å². The highest BCUT2D eigenvalue weighted by Gasteiger charge is 2.16. The summed E-state index contributed by atoms with van der Waals surface area (Å²) in [6.45, 7) is 5.81. The van der Waals surface area contributed by atoms with E-state index >= 15 is 0 Å². The van der Waals surface area contributed by atoms with Crippen LogP contribution in [0, 0.1) is 0 Å². The molecule has 0 spiro atoms. The fourth-order valence-corrected chi connectivity index (χ4v) is 1.30. The SMILES string of the molecule is COC(=O)c1ccn(CCC(=O)OC(C)(C)C)n1. The molecule has 0 fully saturated rings. The molecule has 0 N–H and O–H groups in total. The van der Waals surface area contributed by atoms with Crippen LogP contribution < -0.4 is 0 Å². The number of hydrogen-bond donors (Lipinski definition) is 0. The molecule has 0 bridgehead atoms. The van der Waals surface area contributed by atoms with E-state index in [1.165, 1.54) is 11.8 Å². The number of carbonyl (C=O) groups is 2. The van der Waals surface area contributed by atoms with E-state index in [2.05, 4.69) is 9.84 Å². The fourth-order valence-electron chi connectivity index (χ4n) is 1.30. The van der Waals surface area contributed by atoms with Gasteiger partial charge in [0, 0.05) is 6.20 Å². The smallest absolute Gasteiger partial charge is 0.358 e. The summed E-state index contributed by atoms with van der Waals surface area (Å²) in [7, 11) is 1.29. The number of aromatic nitrogens is 2. The molecule has 0 saturated heterocycles. The highest BCUT2D eigenvalue weighted by molar-refractivity contribution is 5.86. The number of nitrogens with zero attached hydrogens (tertiary/aromatic N) is 2. The van der Waals surface area contributed by atoms with Gasteiger partial charge in [-0.2, -0.15) is 5.10 Å². The highest BCUT2D eigenvalue weighted by atomic mass is 16.6. The summed E-state index contributed by atoms with van der Waals surface area (Å²) in [6.07, 6.45) is 1.83. The van der Waals surface area contributed by atoms with Crippen molar-refractivity contribution in [2.24, 2.45) is 0 Å². The summed E-state index contributed by atoms with van der Waals surface area (Å²) in [5, 5.41) is 3.98. The summed E-state index contributed by atoms with van der Waals surface area (Å²) in [5.74, 6) is -0.788. The van der Waals surface area contributed by atoms with Crippen LogP contribution in [-0.2, 0) is 20.8 Å². The van der Waals surface area contributed by atoms with Crippen LogP contribution in [-0.4, -0.2) is 34.4 Å². The third-order valence-corrected chi connectivity index (χ3v) is 2.00. The van der Waals surface area contributed by atoms with Crippen molar-refractivity contribution in [2.75, 3.05) is 7.11 Å². The minimum atomic E-state index is -0.494. The second kappa shape index (κ2) is 5.66. The summed E-state index contributed by atoms with van der Waals surface area (Å²) in [5.41, 5.74) is -0.264. The molecular formula is C12H18N2O4. The van der Waals surface area contributed by atoms with Crippen LogP contribution in [0.25, 0.3) is 0 Å². The monoisotopic (exact) mass is 254 g/mol. The topological polar surface area (TPSA) is 70.4 Å². The second-order valence-electron chi connectivity index (χ2n) is 4.79. The van der Waals surface area contributed by atoms with Gasteiger partial charge in [-0.1, -0.05) is 0 Å². The molecule has 0 aliphatic heterocycles. The Morgan fingerprint density at radius 2 is 2.06 bits per heavy atom. The predicted octanol–water partition coefficient (Wildman–Crippen LogP) is 1.40. The minimum Gasteiger partial charge on any atom is -0.464 e. The van der Waals surface area contributed by atoms with Crippen LogP contribution in [0.1, 0.15) is 37.7 Å². The van der Waals surface area contributed by atoms with E-state index in [0.717, 1.165) is 0 Å². The lowest BCUT2D eigenvalue weighted by Gasteiger charge is -2.19. The summed E-state index contributed by atoms with van der Waals surface area (Å²) in [4.78, 5) is 22.6. The zero-order valence-electron chi connectivity index (χ0n) is 11.1. The first-order chi connectivity index (χ1) is 8.31. The van der Waals surface area contributed by atoms with Gasteiger partial charge < -0.3 is 9.47 Å². The Bertz CT molecular complexity index is 432. The molecule has 0 unspecified atom stereocenters. The van der Waals surface area contributed by atoms with Crippen LogP contribution in [0.5, 0.6) is 0 Å². The standard InChI is InChI=1S/C12H18N2O4/c1-12(2,3)18-10(15)6-8-14-7-5-9(13-14)11(16)17-4/h5,7H,6,8H2,1-4H3. The Balaban J connectivity index is 2.47. The van der Waals surface area contributed by atoms with Gasteiger partial charge in [-0.3, -0.25) is 9.48 Å². The lowest BCUT2D eigenvalue weighted by molar-refractivity contribution is -0.155. The van der Waals surface area contributed by atoms with Crippen molar-refractivity contribution in [2.45, 2.75) is 39.3 Å². The van der Waals surface area contributed by atoms with Gasteiger partial charge in [0.15, 0.2) is 5.69 Å². The quantitative estimate of drug-likeness (QED) is 0.759. The van der Waals surface area contributed by atoms with E-state index in [-0.39, 0.29) is 18.1 Å². The first-order valence-electron chi connectivity index (χ1n) is 5.65. The Morgan fingerprint density at radius 3 is 2.61 bits per heavy atom. The van der Waals surface area contributed by atoms with Crippen LogP contribution in [0.4, 0.5) is 0 Å². The molecule has 0 radical (unpaired) electrons. The van der Waals surface area contributed by atoms with Crippen molar-refractivity contribution in [1.82, 2.24) is 9.78 Å². The van der Waals surface area contributed by atoms with E-state index in [4.69, 9.17) is 4.74 Å². The Morgan fingerprint density at radius 1 is 1.39 bits per heavy atom. The zero-order valence-corrected chi connectivity index (χ0v) is 11.1. The summed E-state index contributed by atoms with van der Waals surface area (Å²) in [6, 6.07) is 1.54. The molecular weight excluding hydrogens is 236 g/mol. The molecule has 0 aliphatic rings. The zero-order chi connectivity index (χ0) is 13.8. The van der Waals surface area contributed by atoms with Gasteiger partial charge in [0.05, 0.1) is 20.1 Å². The molecule has 1 rings (SSSR count). The summed E-state index contributed by atoms with van der Waals surface area (Å²) >= 11 is 0. The van der Waals surface area contributed by atoms with Gasteiger partial charge in [0.2, 0.25) is 0 Å². The van der Waals surface area contributed by atoms with Gasteiger partial charge >= 0.3 is 11.9 Å². The van der Waals surface area contributed by atoms with Crippen LogP contribution in [0.2, 0.25) is 0 Å². The maximum atomic E-state index is 11.5. The minimum absolute atomic E-state index is 0.208. The molecule has 100 valence electrons. The third kappa shape index (κ3) is 4.57. The van der Waals surface area contributed by atoms with Crippen LogP contribution in [0.3, 0.4) is 0 Å². The van der Waals surface area contributed by atoms with Crippen molar-refractivity contribution in [3.63, 3.8) is 0 Å². The molecule has 0 aliphatic carbocycles. The lowest BCUT2D eigenvalue weighted by Crippen LogP contribution is -2.24. The molecule has 1 aromatic heterocycles. The Labute approximate surface area is 106 Å². The van der Waals surface area contributed by atoms with Crippen molar-refractivity contribution in [3.8, 4) is 0 Å². The largest absolute Gasteiger partial charge is 0.464 e. The van der Waals surface area contributed by atoms with Crippen LogP contribution >= 0.6 is 0 Å². The van der Waals surface area contributed by atoms with Crippen LogP contribution in [0.15, 0.2) is 12.3 Å². The van der Waals surface area contributed by atoms with E-state index in [1.807, 2.05) is 20.8 Å². The maximum absolute atomic E-state index is 11.5. The van der Waals surface area contributed by atoms with E-state index in [1.54, 1.807) is 12.3 Å². The average Bonchev–Trinajstić information content (AvgIpc) is 2.71. The maximum Gasteiger partial charge on any atom is 0.358 e. The molecule has 6 heteroatoms. The molecule has 1 aromatic rings. The van der Waals surface area contributed by atoms with Gasteiger partial charge in [-0.05, 0) is 26.8 Å². The Kier molecular flexibility index (Phi) is 4.47. The third-order valence-electron chi connectivity index (χ3n) is 2.00. The van der Waals surface area contributed by atoms with E-state index < -0.39 is 11.6 Å². The predicted molar refractivity (Wildman–Crippen MR) is 64.0 cm³/mol. The number of esters is 2. The molecule has 0 aromatic carbocycles. The molecule has 0 amide bonds. The number of ether oxygens (including phenoxy) is 2. The van der Waals surface area contributed by atoms with Gasteiger partial charge in [0.25, 0.3) is 0 Å². The number of aryl methyl sites for hydroxylation is 1. The number of methoxy groups -OCH3 is 1. The number of rotatable bonds is 4. The molecule has 18 heavy (non-hydrogen) atoms. The highest BCUT2D eigenvalue weighted by Crippen LogP contribution is 2.08. The van der Waals surface area contributed by atoms with Crippen molar-refractivity contribution in [3.05, 3.63) is 18.0 Å². The van der Waals surface area contributed by atoms with Crippen molar-refractivity contribution >= 4 is 11.9 Å². The molecule has 1 heterocycles. The molecule has 6 nitrogen and oxygen atoms in total. The number of hydrogen-bond acceptors (Lipinski definition) is 5. The average molecular weight is 254 g/mol. The van der Waals surface area contributed by atoms with Gasteiger partial charge in [-0.25, -0.2) is 4.79 Å². The van der Waals surface area contributed by atoms with Gasteiger partial charge in [0.1, 0.15) is 5.60 Å². The second-order valence-corrected chi connectivity index (χ2v) is 4.79.